The van der Waals surface area contributed by atoms with Crippen molar-refractivity contribution in [2.24, 2.45) is 5.92 Å². The predicted molar refractivity (Wildman–Crippen MR) is 76.2 cm³/mol. The van der Waals surface area contributed by atoms with Crippen molar-refractivity contribution in [1.82, 2.24) is 10.6 Å². The Labute approximate surface area is 123 Å². The van der Waals surface area contributed by atoms with Crippen LogP contribution in [-0.4, -0.2) is 36.9 Å². The van der Waals surface area contributed by atoms with Crippen LogP contribution in [0.1, 0.15) is 36.6 Å². The third kappa shape index (κ3) is 7.36. The number of furan rings is 1. The van der Waals surface area contributed by atoms with Crippen molar-refractivity contribution < 1.29 is 23.8 Å². The first kappa shape index (κ1) is 17.0. The van der Waals surface area contributed by atoms with Gasteiger partial charge in [0.15, 0.2) is 0 Å². The average Bonchev–Trinajstić information content (AvgIpc) is 2.89. The first-order chi connectivity index (χ1) is 9.99. The van der Waals surface area contributed by atoms with Gasteiger partial charge in [-0.05, 0) is 24.5 Å². The van der Waals surface area contributed by atoms with Gasteiger partial charge in [0.05, 0.1) is 6.54 Å². The second-order valence-corrected chi connectivity index (χ2v) is 5.00. The number of nitrogens with one attached hydrogen (secondary N) is 2. The summed E-state index contributed by atoms with van der Waals surface area (Å²) in [6, 6.07) is 2.54. The second kappa shape index (κ2) is 9.02. The van der Waals surface area contributed by atoms with Gasteiger partial charge in [-0.15, -0.1) is 0 Å². The zero-order chi connectivity index (χ0) is 15.7. The van der Waals surface area contributed by atoms with Gasteiger partial charge in [0.1, 0.15) is 5.76 Å². The van der Waals surface area contributed by atoms with Crippen LogP contribution in [0, 0.1) is 5.92 Å². The number of carbonyl (C=O) groups is 2. The lowest BCUT2D eigenvalue weighted by Gasteiger charge is -2.08. The molecule has 3 N–H and O–H groups in total. The van der Waals surface area contributed by atoms with E-state index in [4.69, 9.17) is 14.3 Å². The quantitative estimate of drug-likeness (QED) is 0.604. The van der Waals surface area contributed by atoms with E-state index in [2.05, 4.69) is 24.5 Å². The summed E-state index contributed by atoms with van der Waals surface area (Å²) in [5.41, 5.74) is 0. The van der Waals surface area contributed by atoms with Crippen LogP contribution in [0.5, 0.6) is 0 Å². The molecule has 0 bridgehead atoms. The topological polar surface area (TPSA) is 101 Å². The zero-order valence-electron chi connectivity index (χ0n) is 12.3. The monoisotopic (exact) mass is 298 g/mol. The number of carbonyl (C=O) groups excluding carboxylic acids is 1. The molecule has 1 rings (SSSR count). The van der Waals surface area contributed by atoms with Gasteiger partial charge in [-0.1, -0.05) is 13.8 Å². The highest BCUT2D eigenvalue weighted by Crippen LogP contribution is 2.07. The molecule has 0 aliphatic carbocycles. The third-order valence-electron chi connectivity index (χ3n) is 2.50. The Morgan fingerprint density at radius 3 is 2.71 bits per heavy atom. The number of hydrogen-bond donors (Lipinski definition) is 3. The first-order valence-electron chi connectivity index (χ1n) is 6.90. The molecule has 0 aliphatic rings. The van der Waals surface area contributed by atoms with Crippen molar-refractivity contribution >= 4 is 12.0 Å². The highest BCUT2D eigenvalue weighted by Gasteiger charge is 2.09. The van der Waals surface area contributed by atoms with E-state index in [-0.39, 0.29) is 18.3 Å². The molecule has 1 heterocycles. The fraction of sp³-hybridized carbons (Fsp3) is 0.571. The number of rotatable bonds is 9. The van der Waals surface area contributed by atoms with Crippen LogP contribution in [0.15, 0.2) is 16.5 Å². The Kier molecular flexibility index (Phi) is 7.31. The second-order valence-electron chi connectivity index (χ2n) is 5.00. The van der Waals surface area contributed by atoms with Crippen LogP contribution in [0.3, 0.4) is 0 Å². The SMILES string of the molecule is CC(C)COCCCNC(=O)NCc1ccc(C(=O)O)o1. The highest BCUT2D eigenvalue weighted by atomic mass is 16.5. The van der Waals surface area contributed by atoms with Crippen LogP contribution >= 0.6 is 0 Å². The predicted octanol–water partition coefficient (Wildman–Crippen LogP) is 1.84. The van der Waals surface area contributed by atoms with E-state index in [1.165, 1.54) is 12.1 Å². The van der Waals surface area contributed by atoms with Crippen molar-refractivity contribution in [3.8, 4) is 0 Å². The van der Waals surface area contributed by atoms with Crippen molar-refractivity contribution in [3.63, 3.8) is 0 Å². The van der Waals surface area contributed by atoms with Gasteiger partial charge in [-0.2, -0.15) is 0 Å². The number of urea groups is 1. The van der Waals surface area contributed by atoms with E-state index in [0.29, 0.717) is 24.8 Å². The molecule has 0 fully saturated rings. The lowest BCUT2D eigenvalue weighted by atomic mass is 10.2. The van der Waals surface area contributed by atoms with E-state index in [1.807, 2.05) is 0 Å². The number of carboxylic acids is 1. The Morgan fingerprint density at radius 1 is 1.33 bits per heavy atom. The van der Waals surface area contributed by atoms with Crippen LogP contribution in [-0.2, 0) is 11.3 Å². The number of ether oxygens (including phenoxy) is 1. The maximum absolute atomic E-state index is 11.5. The molecule has 0 aliphatic heterocycles. The molecule has 2 amide bonds. The summed E-state index contributed by atoms with van der Waals surface area (Å²) >= 11 is 0. The molecule has 21 heavy (non-hydrogen) atoms. The lowest BCUT2D eigenvalue weighted by molar-refractivity contribution is 0.0660. The minimum atomic E-state index is -1.13. The molecular weight excluding hydrogens is 276 g/mol. The fourth-order valence-corrected chi connectivity index (χ4v) is 1.51. The molecule has 1 aromatic rings. The van der Waals surface area contributed by atoms with Crippen molar-refractivity contribution in [2.45, 2.75) is 26.8 Å². The minimum Gasteiger partial charge on any atom is -0.475 e. The molecular formula is C14H22N2O5. The van der Waals surface area contributed by atoms with Crippen LogP contribution in [0.4, 0.5) is 4.79 Å². The molecule has 1 aromatic heterocycles. The summed E-state index contributed by atoms with van der Waals surface area (Å²) in [6.45, 7) is 6.15. The van der Waals surface area contributed by atoms with Gasteiger partial charge in [-0.3, -0.25) is 0 Å². The summed E-state index contributed by atoms with van der Waals surface area (Å²) in [5.74, 6) is -0.380. The summed E-state index contributed by atoms with van der Waals surface area (Å²) in [4.78, 5) is 22.1. The standard InChI is InChI=1S/C14H22N2O5/c1-10(2)9-20-7-3-6-15-14(19)16-8-11-4-5-12(21-11)13(17)18/h4-5,10H,3,6-9H2,1-2H3,(H,17,18)(H2,15,16,19). The Hall–Kier alpha value is -2.02. The van der Waals surface area contributed by atoms with E-state index < -0.39 is 5.97 Å². The minimum absolute atomic E-state index is 0.142. The molecule has 118 valence electrons. The molecule has 7 heteroatoms. The van der Waals surface area contributed by atoms with Gasteiger partial charge in [0, 0.05) is 19.8 Å². The Bertz CT molecular complexity index is 456. The number of amides is 2. The van der Waals surface area contributed by atoms with Gasteiger partial charge < -0.3 is 24.9 Å². The number of aromatic carboxylic acids is 1. The molecule has 0 atom stereocenters. The Balaban J connectivity index is 2.09. The maximum atomic E-state index is 11.5. The van der Waals surface area contributed by atoms with E-state index in [9.17, 15) is 9.59 Å². The Morgan fingerprint density at radius 2 is 2.10 bits per heavy atom. The molecule has 0 radical (unpaired) electrons. The molecule has 0 unspecified atom stereocenters. The summed E-state index contributed by atoms with van der Waals surface area (Å²) < 4.78 is 10.4. The van der Waals surface area contributed by atoms with Gasteiger partial charge in [-0.25, -0.2) is 9.59 Å². The van der Waals surface area contributed by atoms with Crippen molar-refractivity contribution in [2.75, 3.05) is 19.8 Å². The smallest absolute Gasteiger partial charge is 0.371 e. The molecule has 0 saturated carbocycles. The molecule has 0 spiro atoms. The highest BCUT2D eigenvalue weighted by molar-refractivity contribution is 5.84. The van der Waals surface area contributed by atoms with Crippen molar-refractivity contribution in [1.29, 1.82) is 0 Å². The number of carboxylic acid groups (broad SMARTS) is 1. The first-order valence-corrected chi connectivity index (χ1v) is 6.90. The van der Waals surface area contributed by atoms with E-state index >= 15 is 0 Å². The molecule has 0 saturated heterocycles. The lowest BCUT2D eigenvalue weighted by Crippen LogP contribution is -2.35. The summed E-state index contributed by atoms with van der Waals surface area (Å²) in [5, 5.41) is 14.0. The largest absolute Gasteiger partial charge is 0.475 e. The normalized spacial score (nSPS) is 10.6. The van der Waals surface area contributed by atoms with Gasteiger partial charge in [0.2, 0.25) is 5.76 Å². The van der Waals surface area contributed by atoms with E-state index in [0.717, 1.165) is 13.0 Å². The molecule has 0 aromatic carbocycles. The molecule has 7 nitrogen and oxygen atoms in total. The van der Waals surface area contributed by atoms with E-state index in [1.54, 1.807) is 0 Å². The van der Waals surface area contributed by atoms with Gasteiger partial charge >= 0.3 is 12.0 Å². The fourth-order valence-electron chi connectivity index (χ4n) is 1.51. The summed E-state index contributed by atoms with van der Waals surface area (Å²) in [7, 11) is 0. The third-order valence-corrected chi connectivity index (χ3v) is 2.50. The zero-order valence-corrected chi connectivity index (χ0v) is 12.3. The van der Waals surface area contributed by atoms with Crippen LogP contribution < -0.4 is 10.6 Å². The van der Waals surface area contributed by atoms with Crippen LogP contribution in [0.2, 0.25) is 0 Å². The van der Waals surface area contributed by atoms with Gasteiger partial charge in [0.25, 0.3) is 0 Å². The maximum Gasteiger partial charge on any atom is 0.371 e. The number of hydrogen-bond acceptors (Lipinski definition) is 4. The summed E-state index contributed by atoms with van der Waals surface area (Å²) in [6.07, 6.45) is 0.740. The van der Waals surface area contributed by atoms with Crippen LogP contribution in [0.25, 0.3) is 0 Å². The average molecular weight is 298 g/mol. The van der Waals surface area contributed by atoms with Crippen molar-refractivity contribution in [3.05, 3.63) is 23.7 Å².